The van der Waals surface area contributed by atoms with Crippen LogP contribution in [0.4, 0.5) is 23.4 Å². The molecule has 2 aromatic rings. The molecule has 0 saturated carbocycles. The molecule has 8 heteroatoms. The number of aromatic amines is 1. The summed E-state index contributed by atoms with van der Waals surface area (Å²) in [4.78, 5) is 16.7. The molecular weight excluding hydrogens is 352 g/mol. The van der Waals surface area contributed by atoms with Crippen LogP contribution in [-0.4, -0.2) is 19.1 Å². The Bertz CT molecular complexity index is 752. The van der Waals surface area contributed by atoms with Crippen LogP contribution in [0.1, 0.15) is 18.4 Å². The fraction of sp³-hybridized carbons (Fsp3) is 0.333. The standard InChI is InChI=1S/C18H16F4N2O2/c19-14-2-4-15(5-3-14)26-17(25)12-7-9-24(10-8-12)16-6-1-13(11-23-16)18(20,21)22/h1-6,11-12H,7-10H2/p+1. The topological polar surface area (TPSA) is 43.7 Å². The SMILES string of the molecule is O=C(Oc1ccc(F)cc1)C1CCN(c2ccc(C(F)(F)F)c[nH+]2)CC1. The molecular formula is C18H17F4N2O2+. The third-order valence-corrected chi connectivity index (χ3v) is 4.32. The number of hydrogen-bond donors (Lipinski definition) is 0. The molecule has 1 aromatic heterocycles. The van der Waals surface area contributed by atoms with E-state index < -0.39 is 17.6 Å². The van der Waals surface area contributed by atoms with Crippen LogP contribution in [0.5, 0.6) is 5.75 Å². The number of aromatic nitrogens is 1. The molecule has 0 aliphatic carbocycles. The van der Waals surface area contributed by atoms with Gasteiger partial charge in [0.25, 0.3) is 5.82 Å². The molecule has 1 N–H and O–H groups in total. The number of ether oxygens (including phenoxy) is 1. The van der Waals surface area contributed by atoms with E-state index in [9.17, 15) is 22.4 Å². The van der Waals surface area contributed by atoms with E-state index in [4.69, 9.17) is 4.74 Å². The molecule has 4 nitrogen and oxygen atoms in total. The number of pyridine rings is 1. The predicted octanol–water partition coefficient (Wildman–Crippen LogP) is 3.48. The van der Waals surface area contributed by atoms with E-state index in [2.05, 4.69) is 4.98 Å². The lowest BCUT2D eigenvalue weighted by atomic mass is 9.97. The van der Waals surface area contributed by atoms with Crippen molar-refractivity contribution in [1.82, 2.24) is 0 Å². The maximum atomic E-state index is 12.9. The van der Waals surface area contributed by atoms with Crippen molar-refractivity contribution in [2.24, 2.45) is 5.92 Å². The first kappa shape index (κ1) is 18.2. The molecule has 138 valence electrons. The predicted molar refractivity (Wildman–Crippen MR) is 85.0 cm³/mol. The van der Waals surface area contributed by atoms with Crippen molar-refractivity contribution in [3.05, 3.63) is 54.0 Å². The maximum Gasteiger partial charge on any atom is 0.419 e. The molecule has 1 aromatic carbocycles. The summed E-state index contributed by atoms with van der Waals surface area (Å²) in [6, 6.07) is 7.62. The van der Waals surface area contributed by atoms with Crippen molar-refractivity contribution in [1.29, 1.82) is 0 Å². The number of benzene rings is 1. The van der Waals surface area contributed by atoms with Crippen LogP contribution in [-0.2, 0) is 11.0 Å². The number of halogens is 4. The minimum Gasteiger partial charge on any atom is -0.426 e. The normalized spacial score (nSPS) is 15.8. The number of alkyl halides is 3. The lowest BCUT2D eigenvalue weighted by Gasteiger charge is -2.26. The van der Waals surface area contributed by atoms with Gasteiger partial charge in [0.2, 0.25) is 0 Å². The van der Waals surface area contributed by atoms with Gasteiger partial charge < -0.3 is 4.74 Å². The first-order valence-electron chi connectivity index (χ1n) is 8.14. The average Bonchev–Trinajstić information content (AvgIpc) is 2.63. The van der Waals surface area contributed by atoms with Gasteiger partial charge >= 0.3 is 12.1 Å². The Hall–Kier alpha value is -2.64. The number of hydrogen-bond acceptors (Lipinski definition) is 3. The van der Waals surface area contributed by atoms with Gasteiger partial charge in [0.1, 0.15) is 17.8 Å². The summed E-state index contributed by atoms with van der Waals surface area (Å²) in [6.07, 6.45) is -2.40. The molecule has 0 bridgehead atoms. The third-order valence-electron chi connectivity index (χ3n) is 4.32. The van der Waals surface area contributed by atoms with Crippen molar-refractivity contribution in [3.63, 3.8) is 0 Å². The van der Waals surface area contributed by atoms with Crippen molar-refractivity contribution in [2.45, 2.75) is 19.0 Å². The van der Waals surface area contributed by atoms with Crippen LogP contribution < -0.4 is 14.6 Å². The van der Waals surface area contributed by atoms with Gasteiger partial charge in [-0.05, 0) is 43.2 Å². The first-order valence-corrected chi connectivity index (χ1v) is 8.14. The second-order valence-corrected chi connectivity index (χ2v) is 6.10. The van der Waals surface area contributed by atoms with Gasteiger partial charge in [-0.15, -0.1) is 0 Å². The minimum atomic E-state index is -4.38. The maximum absolute atomic E-state index is 12.9. The second-order valence-electron chi connectivity index (χ2n) is 6.10. The van der Waals surface area contributed by atoms with E-state index in [1.807, 2.05) is 4.90 Å². The number of anilines is 1. The monoisotopic (exact) mass is 369 g/mol. The van der Waals surface area contributed by atoms with E-state index in [-0.39, 0.29) is 17.6 Å². The van der Waals surface area contributed by atoms with E-state index in [0.29, 0.717) is 31.7 Å². The number of nitrogens with one attached hydrogen (secondary N) is 1. The molecule has 1 fully saturated rings. The van der Waals surface area contributed by atoms with Crippen molar-refractivity contribution in [3.8, 4) is 5.75 Å². The minimum absolute atomic E-state index is 0.287. The summed E-state index contributed by atoms with van der Waals surface area (Å²) in [5, 5.41) is 0. The van der Waals surface area contributed by atoms with Gasteiger partial charge in [0.15, 0.2) is 0 Å². The third kappa shape index (κ3) is 4.30. The molecule has 2 heterocycles. The molecule has 26 heavy (non-hydrogen) atoms. The fourth-order valence-electron chi connectivity index (χ4n) is 2.85. The van der Waals surface area contributed by atoms with Crippen LogP contribution >= 0.6 is 0 Å². The quantitative estimate of drug-likeness (QED) is 0.473. The van der Waals surface area contributed by atoms with Crippen LogP contribution in [0.3, 0.4) is 0 Å². The summed E-state index contributed by atoms with van der Waals surface area (Å²) < 4.78 is 55.9. The molecule has 0 atom stereocenters. The highest BCUT2D eigenvalue weighted by molar-refractivity contribution is 5.75. The summed E-state index contributed by atoms with van der Waals surface area (Å²) in [5.74, 6) is -0.234. The highest BCUT2D eigenvalue weighted by atomic mass is 19.4. The van der Waals surface area contributed by atoms with Crippen LogP contribution in [0.2, 0.25) is 0 Å². The van der Waals surface area contributed by atoms with Gasteiger partial charge in [0, 0.05) is 6.07 Å². The molecule has 0 unspecified atom stereocenters. The van der Waals surface area contributed by atoms with Crippen molar-refractivity contribution >= 4 is 11.8 Å². The molecule has 0 spiro atoms. The Balaban J connectivity index is 1.55. The van der Waals surface area contributed by atoms with E-state index in [1.165, 1.54) is 30.3 Å². The smallest absolute Gasteiger partial charge is 0.419 e. The number of rotatable bonds is 3. The van der Waals surface area contributed by atoms with Gasteiger partial charge in [-0.25, -0.2) is 9.37 Å². The Morgan fingerprint density at radius 2 is 1.73 bits per heavy atom. The zero-order chi connectivity index (χ0) is 18.7. The van der Waals surface area contributed by atoms with Crippen LogP contribution in [0, 0.1) is 11.7 Å². The van der Waals surface area contributed by atoms with Gasteiger partial charge in [-0.3, -0.25) is 9.69 Å². The molecule has 1 aliphatic rings. The second kappa shape index (κ2) is 7.31. The highest BCUT2D eigenvalue weighted by Crippen LogP contribution is 2.29. The number of esters is 1. The van der Waals surface area contributed by atoms with E-state index in [0.717, 1.165) is 12.3 Å². The molecule has 0 radical (unpaired) electrons. The molecule has 1 aliphatic heterocycles. The number of nitrogens with zero attached hydrogens (tertiary/aromatic N) is 1. The van der Waals surface area contributed by atoms with Gasteiger partial charge in [0.05, 0.1) is 24.6 Å². The van der Waals surface area contributed by atoms with Gasteiger partial charge in [-0.1, -0.05) is 0 Å². The van der Waals surface area contributed by atoms with Crippen molar-refractivity contribution < 1.29 is 32.1 Å². The summed E-state index contributed by atoms with van der Waals surface area (Å²) >= 11 is 0. The highest BCUT2D eigenvalue weighted by Gasteiger charge is 2.34. The Morgan fingerprint density at radius 1 is 1.08 bits per heavy atom. The molecule has 0 amide bonds. The summed E-state index contributed by atoms with van der Waals surface area (Å²) in [5.41, 5.74) is -0.737. The number of carbonyl (C=O) groups is 1. The average molecular weight is 369 g/mol. The lowest BCUT2D eigenvalue weighted by molar-refractivity contribution is -0.367. The summed E-state index contributed by atoms with van der Waals surface area (Å²) in [7, 11) is 0. The number of piperidine rings is 1. The Kier molecular flexibility index (Phi) is 5.11. The largest absolute Gasteiger partial charge is 0.426 e. The fourth-order valence-corrected chi connectivity index (χ4v) is 2.85. The van der Waals surface area contributed by atoms with E-state index >= 15 is 0 Å². The van der Waals surface area contributed by atoms with Crippen LogP contribution in [0.25, 0.3) is 0 Å². The van der Waals surface area contributed by atoms with Crippen LogP contribution in [0.15, 0.2) is 42.6 Å². The Morgan fingerprint density at radius 3 is 2.27 bits per heavy atom. The van der Waals surface area contributed by atoms with Crippen molar-refractivity contribution in [2.75, 3.05) is 18.0 Å². The zero-order valence-corrected chi connectivity index (χ0v) is 13.7. The van der Waals surface area contributed by atoms with E-state index in [1.54, 1.807) is 0 Å². The Labute approximate surface area is 147 Å². The first-order chi connectivity index (χ1) is 12.3. The number of H-pyrrole nitrogens is 1. The summed E-state index contributed by atoms with van der Waals surface area (Å²) in [6.45, 7) is 1.04. The molecule has 3 rings (SSSR count). The lowest BCUT2D eigenvalue weighted by Crippen LogP contribution is -2.40. The van der Waals surface area contributed by atoms with Gasteiger partial charge in [-0.2, -0.15) is 13.2 Å². The molecule has 1 saturated heterocycles. The zero-order valence-electron chi connectivity index (χ0n) is 13.7. The number of carbonyl (C=O) groups excluding carboxylic acids is 1.